The molecule has 0 radical (unpaired) electrons. The number of aryl methyl sites for hydroxylation is 1. The summed E-state index contributed by atoms with van der Waals surface area (Å²) >= 11 is 1.34. The number of carbonyl (C=O) groups excluding carboxylic acids is 1. The lowest BCUT2D eigenvalue weighted by Crippen LogP contribution is -2.29. The number of aromatic nitrogens is 1. The molecule has 0 aliphatic heterocycles. The first kappa shape index (κ1) is 10.1. The molecule has 72 valence electrons. The zero-order valence-corrected chi connectivity index (χ0v) is 8.39. The second-order valence-electron chi connectivity index (χ2n) is 2.80. The first-order valence-corrected chi connectivity index (χ1v) is 4.80. The Morgan fingerprint density at radius 2 is 2.54 bits per heavy atom. The first-order valence-electron chi connectivity index (χ1n) is 3.98. The number of hydrogen-bond donors (Lipinski definition) is 2. The lowest BCUT2D eigenvalue weighted by Gasteiger charge is -2.04. The number of nitrogens with one attached hydrogen (secondary N) is 1. The van der Waals surface area contributed by atoms with Crippen molar-refractivity contribution in [1.29, 1.82) is 0 Å². The van der Waals surface area contributed by atoms with Gasteiger partial charge in [-0.05, 0) is 13.8 Å². The number of hydrogen-bond acceptors (Lipinski definition) is 4. The quantitative estimate of drug-likeness (QED) is 0.749. The van der Waals surface area contributed by atoms with E-state index in [9.17, 15) is 4.79 Å². The first-order chi connectivity index (χ1) is 6.09. The highest BCUT2D eigenvalue weighted by Gasteiger charge is 2.08. The van der Waals surface area contributed by atoms with E-state index in [1.54, 1.807) is 6.92 Å². The van der Waals surface area contributed by atoms with E-state index in [0.717, 1.165) is 5.01 Å². The van der Waals surface area contributed by atoms with Crippen molar-refractivity contribution in [3.63, 3.8) is 0 Å². The number of thiazole rings is 1. The monoisotopic (exact) mass is 200 g/mol. The van der Waals surface area contributed by atoms with Gasteiger partial charge in [0, 0.05) is 6.54 Å². The molecule has 0 aliphatic rings. The van der Waals surface area contributed by atoms with Gasteiger partial charge in [0.15, 0.2) is 0 Å². The number of aliphatic hydroxyl groups is 1. The standard InChI is InChI=1S/C8H12N2O2S/c1-5(11)3-10-8(12)7-4-9-6(2)13-7/h4-5,11H,3H2,1-2H3,(H,10,12)/t5-/m0/s1. The van der Waals surface area contributed by atoms with E-state index in [2.05, 4.69) is 10.3 Å². The largest absolute Gasteiger partial charge is 0.392 e. The summed E-state index contributed by atoms with van der Waals surface area (Å²) in [6.07, 6.45) is 1.02. The number of aliphatic hydroxyl groups excluding tert-OH is 1. The van der Waals surface area contributed by atoms with Crippen LogP contribution in [0.1, 0.15) is 21.6 Å². The Balaban J connectivity index is 2.49. The molecule has 1 rings (SSSR count). The molecule has 13 heavy (non-hydrogen) atoms. The van der Waals surface area contributed by atoms with Crippen LogP contribution >= 0.6 is 11.3 Å². The van der Waals surface area contributed by atoms with Crippen LogP contribution in [0.4, 0.5) is 0 Å². The van der Waals surface area contributed by atoms with Crippen molar-refractivity contribution < 1.29 is 9.90 Å². The predicted molar refractivity (Wildman–Crippen MR) is 50.9 cm³/mol. The van der Waals surface area contributed by atoms with Crippen molar-refractivity contribution in [2.75, 3.05) is 6.54 Å². The summed E-state index contributed by atoms with van der Waals surface area (Å²) in [5.74, 6) is -0.175. The van der Waals surface area contributed by atoms with Gasteiger partial charge in [0.25, 0.3) is 5.91 Å². The number of carbonyl (C=O) groups is 1. The van der Waals surface area contributed by atoms with Crippen LogP contribution in [0.2, 0.25) is 0 Å². The Morgan fingerprint density at radius 1 is 1.85 bits per heavy atom. The number of rotatable bonds is 3. The molecule has 1 amide bonds. The molecule has 0 saturated heterocycles. The van der Waals surface area contributed by atoms with Gasteiger partial charge in [-0.25, -0.2) is 4.98 Å². The van der Waals surface area contributed by atoms with Crippen LogP contribution in [-0.4, -0.2) is 28.6 Å². The molecule has 2 N–H and O–H groups in total. The molecule has 0 unspecified atom stereocenters. The Bertz CT molecular complexity index is 296. The Hall–Kier alpha value is -0.940. The predicted octanol–water partition coefficient (Wildman–Crippen LogP) is 0.562. The van der Waals surface area contributed by atoms with Crippen LogP contribution in [0.5, 0.6) is 0 Å². The summed E-state index contributed by atoms with van der Waals surface area (Å²) in [5, 5.41) is 12.4. The van der Waals surface area contributed by atoms with Gasteiger partial charge in [-0.1, -0.05) is 0 Å². The average molecular weight is 200 g/mol. The molecule has 4 nitrogen and oxygen atoms in total. The minimum atomic E-state index is -0.516. The minimum absolute atomic E-state index is 0.175. The topological polar surface area (TPSA) is 62.2 Å². The summed E-state index contributed by atoms with van der Waals surface area (Å²) in [6, 6.07) is 0. The van der Waals surface area contributed by atoms with Gasteiger partial charge < -0.3 is 10.4 Å². The molecular weight excluding hydrogens is 188 g/mol. The summed E-state index contributed by atoms with van der Waals surface area (Å²) < 4.78 is 0. The SMILES string of the molecule is Cc1ncc(C(=O)NC[C@H](C)O)s1. The van der Waals surface area contributed by atoms with E-state index in [1.165, 1.54) is 17.5 Å². The fourth-order valence-electron chi connectivity index (χ4n) is 0.794. The zero-order valence-electron chi connectivity index (χ0n) is 7.57. The van der Waals surface area contributed by atoms with Gasteiger partial charge in [0.2, 0.25) is 0 Å². The van der Waals surface area contributed by atoms with Crippen LogP contribution in [-0.2, 0) is 0 Å². The summed E-state index contributed by atoms with van der Waals surface area (Å²) in [7, 11) is 0. The van der Waals surface area contributed by atoms with Crippen LogP contribution in [0, 0.1) is 6.92 Å². The Kier molecular flexibility index (Phi) is 3.39. The van der Waals surface area contributed by atoms with Crippen LogP contribution in [0.15, 0.2) is 6.20 Å². The third kappa shape index (κ3) is 3.12. The van der Waals surface area contributed by atoms with Crippen molar-refractivity contribution in [1.82, 2.24) is 10.3 Å². The van der Waals surface area contributed by atoms with E-state index in [-0.39, 0.29) is 12.5 Å². The second-order valence-corrected chi connectivity index (χ2v) is 4.04. The maximum absolute atomic E-state index is 11.3. The fraction of sp³-hybridized carbons (Fsp3) is 0.500. The molecule has 1 aromatic rings. The summed E-state index contributed by atoms with van der Waals surface area (Å²) in [6.45, 7) is 3.74. The molecule has 1 aromatic heterocycles. The lowest BCUT2D eigenvalue weighted by atomic mass is 10.4. The molecule has 0 fully saturated rings. The molecule has 1 heterocycles. The molecule has 0 aromatic carbocycles. The molecule has 1 atom stereocenters. The van der Waals surface area contributed by atoms with E-state index < -0.39 is 6.10 Å². The highest BCUT2D eigenvalue weighted by atomic mass is 32.1. The van der Waals surface area contributed by atoms with Gasteiger partial charge in [-0.2, -0.15) is 0 Å². The van der Waals surface area contributed by atoms with E-state index in [1.807, 2.05) is 6.92 Å². The highest BCUT2D eigenvalue weighted by molar-refractivity contribution is 7.13. The number of amides is 1. The third-order valence-corrected chi connectivity index (χ3v) is 2.31. The molecule has 5 heteroatoms. The van der Waals surface area contributed by atoms with Crippen LogP contribution < -0.4 is 5.32 Å². The normalized spacial score (nSPS) is 12.5. The highest BCUT2D eigenvalue weighted by Crippen LogP contribution is 2.10. The molecule has 0 bridgehead atoms. The van der Waals surface area contributed by atoms with E-state index in [4.69, 9.17) is 5.11 Å². The van der Waals surface area contributed by atoms with Crippen molar-refractivity contribution in [2.45, 2.75) is 20.0 Å². The van der Waals surface area contributed by atoms with Crippen molar-refractivity contribution in [2.24, 2.45) is 0 Å². The maximum atomic E-state index is 11.3. The van der Waals surface area contributed by atoms with E-state index in [0.29, 0.717) is 4.88 Å². The van der Waals surface area contributed by atoms with Crippen LogP contribution in [0.3, 0.4) is 0 Å². The molecule has 0 aliphatic carbocycles. The smallest absolute Gasteiger partial charge is 0.263 e. The molecule has 0 saturated carbocycles. The van der Waals surface area contributed by atoms with Gasteiger partial charge >= 0.3 is 0 Å². The van der Waals surface area contributed by atoms with Gasteiger partial charge in [-0.15, -0.1) is 11.3 Å². The van der Waals surface area contributed by atoms with Crippen LogP contribution in [0.25, 0.3) is 0 Å². The summed E-state index contributed by atoms with van der Waals surface area (Å²) in [5.41, 5.74) is 0. The van der Waals surface area contributed by atoms with E-state index >= 15 is 0 Å². The zero-order chi connectivity index (χ0) is 9.84. The Morgan fingerprint density at radius 3 is 3.00 bits per heavy atom. The second kappa shape index (κ2) is 4.34. The van der Waals surface area contributed by atoms with Crippen molar-refractivity contribution in [3.05, 3.63) is 16.1 Å². The third-order valence-electron chi connectivity index (χ3n) is 1.40. The Labute approximate surface area is 80.6 Å². The fourth-order valence-corrected chi connectivity index (χ4v) is 1.49. The molecular formula is C8H12N2O2S. The van der Waals surface area contributed by atoms with Gasteiger partial charge in [-0.3, -0.25) is 4.79 Å². The molecule has 0 spiro atoms. The maximum Gasteiger partial charge on any atom is 0.263 e. The number of nitrogens with zero attached hydrogens (tertiary/aromatic N) is 1. The van der Waals surface area contributed by atoms with Crippen molar-refractivity contribution in [3.8, 4) is 0 Å². The van der Waals surface area contributed by atoms with Gasteiger partial charge in [0.1, 0.15) is 4.88 Å². The average Bonchev–Trinajstić information content (AvgIpc) is 2.47. The van der Waals surface area contributed by atoms with Crippen molar-refractivity contribution >= 4 is 17.2 Å². The van der Waals surface area contributed by atoms with Gasteiger partial charge in [0.05, 0.1) is 17.3 Å². The lowest BCUT2D eigenvalue weighted by molar-refractivity contribution is 0.0928. The minimum Gasteiger partial charge on any atom is -0.392 e. The summed E-state index contributed by atoms with van der Waals surface area (Å²) in [4.78, 5) is 15.9.